The van der Waals surface area contributed by atoms with Crippen LogP contribution in [0.3, 0.4) is 0 Å². The highest BCUT2D eigenvalue weighted by Gasteiger charge is 2.35. The minimum Gasteiger partial charge on any atom is -0.274 e. The number of amides is 1. The maximum Gasteiger partial charge on any atom is 0.269 e. The van der Waals surface area contributed by atoms with E-state index in [1.165, 1.54) is 0 Å². The Morgan fingerprint density at radius 3 is 2.35 bits per heavy atom. The van der Waals surface area contributed by atoms with Crippen LogP contribution in [0.25, 0.3) is 0 Å². The number of nitrogens with zero attached hydrogens (tertiary/aromatic N) is 1. The molecule has 0 bridgehead atoms. The fraction of sp³-hybridized carbons (Fsp3) is 0.364. The highest BCUT2D eigenvalue weighted by molar-refractivity contribution is 7.91. The van der Waals surface area contributed by atoms with E-state index in [9.17, 15) is 26.0 Å². The van der Waals surface area contributed by atoms with E-state index >= 15 is 0 Å². The van der Waals surface area contributed by atoms with Crippen molar-refractivity contribution in [2.24, 2.45) is 0 Å². The minimum absolute atomic E-state index is 0.0241. The number of hydrogen-bond donors (Lipinski definition) is 0. The van der Waals surface area contributed by atoms with Gasteiger partial charge in [-0.1, -0.05) is 0 Å². The summed E-state index contributed by atoms with van der Waals surface area (Å²) >= 11 is 0. The van der Waals surface area contributed by atoms with Crippen molar-refractivity contribution in [3.63, 3.8) is 0 Å². The van der Waals surface area contributed by atoms with Crippen LogP contribution in [0.4, 0.5) is 4.39 Å². The van der Waals surface area contributed by atoms with Crippen molar-refractivity contribution in [1.29, 1.82) is 0 Å². The Balaban J connectivity index is 2.60. The number of carbonyl (C=O) groups excluding carboxylic acids is 1. The van der Waals surface area contributed by atoms with Crippen molar-refractivity contribution >= 4 is 25.8 Å². The van der Waals surface area contributed by atoms with Crippen LogP contribution in [-0.4, -0.2) is 39.8 Å². The van der Waals surface area contributed by atoms with Crippen molar-refractivity contribution in [2.45, 2.75) is 22.6 Å². The number of sulfone groups is 1. The summed E-state index contributed by atoms with van der Waals surface area (Å²) in [6.07, 6.45) is 1.33. The third kappa shape index (κ3) is 2.55. The SMILES string of the molecule is CS(=O)(=O)c1ccc(F)c(S(=O)(=O)N2CCCC2=O)c1. The third-order valence-corrected chi connectivity index (χ3v) is 5.87. The maximum absolute atomic E-state index is 13.7. The molecule has 1 aromatic rings. The van der Waals surface area contributed by atoms with E-state index < -0.39 is 36.5 Å². The zero-order valence-electron chi connectivity index (χ0n) is 10.5. The molecule has 0 saturated carbocycles. The summed E-state index contributed by atoms with van der Waals surface area (Å²) in [4.78, 5) is 10.4. The van der Waals surface area contributed by atoms with Crippen molar-refractivity contribution in [3.8, 4) is 0 Å². The van der Waals surface area contributed by atoms with Crippen LogP contribution < -0.4 is 0 Å². The molecule has 0 aromatic heterocycles. The van der Waals surface area contributed by atoms with Gasteiger partial charge in [-0.15, -0.1) is 0 Å². The quantitative estimate of drug-likeness (QED) is 0.758. The fourth-order valence-electron chi connectivity index (χ4n) is 1.91. The largest absolute Gasteiger partial charge is 0.274 e. The number of hydrogen-bond acceptors (Lipinski definition) is 5. The zero-order valence-corrected chi connectivity index (χ0v) is 12.2. The third-order valence-electron chi connectivity index (χ3n) is 2.93. The molecule has 1 heterocycles. The Morgan fingerprint density at radius 2 is 1.85 bits per heavy atom. The number of carbonyl (C=O) groups is 1. The van der Waals surface area contributed by atoms with Gasteiger partial charge >= 0.3 is 0 Å². The summed E-state index contributed by atoms with van der Waals surface area (Å²) in [5.74, 6) is -1.70. The first kappa shape index (κ1) is 14.9. The second kappa shape index (κ2) is 4.81. The van der Waals surface area contributed by atoms with E-state index in [-0.39, 0.29) is 17.9 Å². The van der Waals surface area contributed by atoms with Crippen molar-refractivity contribution in [1.82, 2.24) is 4.31 Å². The van der Waals surface area contributed by atoms with Crippen LogP contribution in [0.2, 0.25) is 0 Å². The second-order valence-electron chi connectivity index (χ2n) is 4.44. The van der Waals surface area contributed by atoms with Crippen LogP contribution in [0, 0.1) is 5.82 Å². The van der Waals surface area contributed by atoms with E-state index in [1.807, 2.05) is 0 Å². The Kier molecular flexibility index (Phi) is 3.59. The van der Waals surface area contributed by atoms with E-state index in [2.05, 4.69) is 0 Å². The van der Waals surface area contributed by atoms with Crippen LogP contribution >= 0.6 is 0 Å². The fourth-order valence-corrected chi connectivity index (χ4v) is 4.19. The van der Waals surface area contributed by atoms with Crippen LogP contribution in [0.15, 0.2) is 28.0 Å². The molecule has 20 heavy (non-hydrogen) atoms. The van der Waals surface area contributed by atoms with Gasteiger partial charge in [0.25, 0.3) is 10.0 Å². The first-order valence-corrected chi connectivity index (χ1v) is 9.02. The first-order valence-electron chi connectivity index (χ1n) is 5.69. The lowest BCUT2D eigenvalue weighted by Gasteiger charge is -2.16. The molecular formula is C11H12FNO5S2. The maximum atomic E-state index is 13.7. The minimum atomic E-state index is -4.36. The van der Waals surface area contributed by atoms with Gasteiger partial charge in [-0.3, -0.25) is 4.79 Å². The van der Waals surface area contributed by atoms with Crippen molar-refractivity contribution < 1.29 is 26.0 Å². The second-order valence-corrected chi connectivity index (χ2v) is 8.29. The molecule has 1 aliphatic rings. The molecule has 6 nitrogen and oxygen atoms in total. The highest BCUT2D eigenvalue weighted by atomic mass is 32.2. The van der Waals surface area contributed by atoms with Gasteiger partial charge in [0.1, 0.15) is 10.7 Å². The van der Waals surface area contributed by atoms with Gasteiger partial charge in [0, 0.05) is 19.2 Å². The van der Waals surface area contributed by atoms with Gasteiger partial charge in [0.05, 0.1) is 4.90 Å². The molecule has 1 amide bonds. The zero-order chi connectivity index (χ0) is 15.1. The summed E-state index contributed by atoms with van der Waals surface area (Å²) in [6.45, 7) is -0.0241. The van der Waals surface area contributed by atoms with E-state index in [0.29, 0.717) is 10.7 Å². The molecule has 0 radical (unpaired) electrons. The summed E-state index contributed by atoms with van der Waals surface area (Å²) in [7, 11) is -8.03. The monoisotopic (exact) mass is 321 g/mol. The molecule has 1 aliphatic heterocycles. The van der Waals surface area contributed by atoms with Crippen LogP contribution in [0.1, 0.15) is 12.8 Å². The van der Waals surface area contributed by atoms with Gasteiger partial charge in [0.2, 0.25) is 5.91 Å². The highest BCUT2D eigenvalue weighted by Crippen LogP contribution is 2.26. The molecule has 0 atom stereocenters. The molecule has 1 saturated heterocycles. The predicted octanol–water partition coefficient (Wildman–Crippen LogP) is 0.540. The molecule has 1 aromatic carbocycles. The Bertz CT molecular complexity index is 770. The van der Waals surface area contributed by atoms with Gasteiger partial charge in [-0.25, -0.2) is 25.5 Å². The summed E-state index contributed by atoms with van der Waals surface area (Å²) in [5, 5.41) is 0. The lowest BCUT2D eigenvalue weighted by molar-refractivity contribution is -0.123. The van der Waals surface area contributed by atoms with Gasteiger partial charge < -0.3 is 0 Å². The summed E-state index contributed by atoms with van der Waals surface area (Å²) in [5.41, 5.74) is 0. The molecule has 0 unspecified atom stereocenters. The Morgan fingerprint density at radius 1 is 1.20 bits per heavy atom. The smallest absolute Gasteiger partial charge is 0.269 e. The molecule has 0 N–H and O–H groups in total. The van der Waals surface area contributed by atoms with E-state index in [1.54, 1.807) is 0 Å². The van der Waals surface area contributed by atoms with Gasteiger partial charge in [0.15, 0.2) is 9.84 Å². The van der Waals surface area contributed by atoms with E-state index in [4.69, 9.17) is 0 Å². The molecule has 110 valence electrons. The molecule has 2 rings (SSSR count). The number of sulfonamides is 1. The molecular weight excluding hydrogens is 309 g/mol. The standard InChI is InChI=1S/C11H12FNO5S2/c1-19(15,16)8-4-5-9(12)10(7-8)20(17,18)13-6-2-3-11(13)14/h4-5,7H,2-3,6H2,1H3. The predicted molar refractivity (Wildman–Crippen MR) is 67.6 cm³/mol. The lowest BCUT2D eigenvalue weighted by Crippen LogP contribution is -2.32. The Labute approximate surface area is 116 Å². The summed E-state index contributed by atoms with van der Waals surface area (Å²) in [6, 6.07) is 2.49. The van der Waals surface area contributed by atoms with E-state index in [0.717, 1.165) is 24.5 Å². The van der Waals surface area contributed by atoms with Crippen LogP contribution in [0.5, 0.6) is 0 Å². The topological polar surface area (TPSA) is 88.6 Å². The van der Waals surface area contributed by atoms with Crippen molar-refractivity contribution in [3.05, 3.63) is 24.0 Å². The lowest BCUT2D eigenvalue weighted by atomic mass is 10.3. The average Bonchev–Trinajstić information content (AvgIpc) is 2.75. The molecule has 1 fully saturated rings. The number of halogens is 1. The van der Waals surface area contributed by atoms with Gasteiger partial charge in [-0.2, -0.15) is 0 Å². The number of rotatable bonds is 3. The first-order chi connectivity index (χ1) is 9.14. The van der Waals surface area contributed by atoms with Gasteiger partial charge in [-0.05, 0) is 24.6 Å². The van der Waals surface area contributed by atoms with Crippen LogP contribution in [-0.2, 0) is 24.7 Å². The Hall–Kier alpha value is -1.48. The molecule has 0 aliphatic carbocycles. The van der Waals surface area contributed by atoms with Crippen molar-refractivity contribution in [2.75, 3.05) is 12.8 Å². The molecule has 9 heteroatoms. The summed E-state index contributed by atoms with van der Waals surface area (Å²) < 4.78 is 61.6. The number of benzene rings is 1. The average molecular weight is 321 g/mol. The molecule has 0 spiro atoms. The normalized spacial score (nSPS) is 16.7.